The maximum absolute atomic E-state index is 14.0. The van der Waals surface area contributed by atoms with Crippen molar-refractivity contribution in [3.8, 4) is 5.75 Å². The monoisotopic (exact) mass is 497 g/mol. The molecule has 194 valence electrons. The number of benzene rings is 2. The van der Waals surface area contributed by atoms with E-state index < -0.39 is 11.6 Å². The molecule has 0 radical (unpaired) electrons. The predicted octanol–water partition coefficient (Wildman–Crippen LogP) is 5.84. The minimum Gasteiger partial charge on any atom is -0.493 e. The van der Waals surface area contributed by atoms with Crippen molar-refractivity contribution in [3.05, 3.63) is 58.8 Å². The Morgan fingerprint density at radius 2 is 1.83 bits per heavy atom. The summed E-state index contributed by atoms with van der Waals surface area (Å²) < 4.78 is 39.6. The third-order valence-corrected chi connectivity index (χ3v) is 7.68. The second-order valence-corrected chi connectivity index (χ2v) is 10.8. The highest BCUT2D eigenvalue weighted by Gasteiger charge is 2.25. The first-order valence-corrected chi connectivity index (χ1v) is 13.3. The Kier molecular flexibility index (Phi) is 7.87. The van der Waals surface area contributed by atoms with Crippen molar-refractivity contribution in [1.29, 1.82) is 0 Å². The van der Waals surface area contributed by atoms with E-state index in [4.69, 9.17) is 9.26 Å². The van der Waals surface area contributed by atoms with Crippen LogP contribution in [0, 0.1) is 23.5 Å². The Morgan fingerprint density at radius 3 is 2.58 bits per heavy atom. The smallest absolute Gasteiger partial charge is 0.174 e. The van der Waals surface area contributed by atoms with Crippen molar-refractivity contribution >= 4 is 11.0 Å². The van der Waals surface area contributed by atoms with Gasteiger partial charge in [-0.25, -0.2) is 8.78 Å². The molecule has 3 aromatic rings. The lowest BCUT2D eigenvalue weighted by atomic mass is 9.90. The topological polar surface area (TPSA) is 41.7 Å². The lowest BCUT2D eigenvalue weighted by Gasteiger charge is -2.32. The average molecular weight is 498 g/mol. The molecule has 0 bridgehead atoms. The average Bonchev–Trinajstić information content (AvgIpc) is 3.61. The Balaban J connectivity index is 1.19. The number of likely N-dealkylation sites (tertiary alicyclic amines) is 1. The number of hydrogen-bond acceptors (Lipinski definition) is 5. The lowest BCUT2D eigenvalue weighted by Crippen LogP contribution is -2.33. The van der Waals surface area contributed by atoms with Gasteiger partial charge >= 0.3 is 0 Å². The van der Waals surface area contributed by atoms with E-state index >= 15 is 0 Å². The zero-order chi connectivity index (χ0) is 25.1. The molecule has 0 atom stereocenters. The highest BCUT2D eigenvalue weighted by molar-refractivity contribution is 5.84. The van der Waals surface area contributed by atoms with Crippen molar-refractivity contribution in [2.75, 3.05) is 40.3 Å². The summed E-state index contributed by atoms with van der Waals surface area (Å²) in [5.74, 6) is 0.741. The fourth-order valence-electron chi connectivity index (χ4n) is 5.16. The largest absolute Gasteiger partial charge is 0.493 e. The summed E-state index contributed by atoms with van der Waals surface area (Å²) in [5.41, 5.74) is 3.45. The molecule has 1 saturated carbocycles. The first kappa shape index (κ1) is 25.2. The molecule has 2 aliphatic rings. The number of fused-ring (bicyclic) bond motifs is 1. The van der Waals surface area contributed by atoms with Gasteiger partial charge in [0.05, 0.1) is 12.3 Å². The summed E-state index contributed by atoms with van der Waals surface area (Å²) in [4.78, 5) is 4.40. The first-order chi connectivity index (χ1) is 17.5. The fraction of sp³-hybridized carbons (Fsp3) is 0.552. The molecule has 36 heavy (non-hydrogen) atoms. The van der Waals surface area contributed by atoms with E-state index in [0.717, 1.165) is 86.3 Å². The molecular formula is C29H37F2N3O2. The Morgan fingerprint density at radius 1 is 1.03 bits per heavy atom. The van der Waals surface area contributed by atoms with Crippen molar-refractivity contribution in [3.63, 3.8) is 0 Å². The highest BCUT2D eigenvalue weighted by atomic mass is 19.2. The van der Waals surface area contributed by atoms with Gasteiger partial charge in [-0.1, -0.05) is 17.3 Å². The molecule has 1 aromatic heterocycles. The maximum atomic E-state index is 14.0. The molecule has 0 spiro atoms. The van der Waals surface area contributed by atoms with Crippen molar-refractivity contribution < 1.29 is 18.0 Å². The van der Waals surface area contributed by atoms with Crippen LogP contribution in [0.4, 0.5) is 8.78 Å². The van der Waals surface area contributed by atoms with Gasteiger partial charge in [0.1, 0.15) is 5.75 Å². The summed E-state index contributed by atoms with van der Waals surface area (Å²) in [6.07, 6.45) is 7.44. The number of halogens is 2. The summed E-state index contributed by atoms with van der Waals surface area (Å²) >= 11 is 0. The minimum atomic E-state index is -0.770. The van der Waals surface area contributed by atoms with Crippen LogP contribution in [0.15, 0.2) is 34.9 Å². The molecule has 5 rings (SSSR count). The molecule has 0 N–H and O–H groups in total. The van der Waals surface area contributed by atoms with E-state index in [1.165, 1.54) is 18.9 Å². The number of aryl methyl sites for hydroxylation is 1. The van der Waals surface area contributed by atoms with Gasteiger partial charge in [-0.2, -0.15) is 0 Å². The number of hydrogen-bond donors (Lipinski definition) is 0. The van der Waals surface area contributed by atoms with Crippen LogP contribution in [-0.4, -0.2) is 55.3 Å². The Bertz CT molecular complexity index is 1170. The molecule has 5 nitrogen and oxygen atoms in total. The third kappa shape index (κ3) is 6.06. The fourth-order valence-corrected chi connectivity index (χ4v) is 5.16. The second-order valence-electron chi connectivity index (χ2n) is 10.8. The van der Waals surface area contributed by atoms with Crippen LogP contribution in [0.2, 0.25) is 0 Å². The van der Waals surface area contributed by atoms with E-state index in [-0.39, 0.29) is 0 Å². The molecule has 1 aliphatic heterocycles. The molecule has 2 fully saturated rings. The van der Waals surface area contributed by atoms with E-state index in [1.807, 2.05) is 0 Å². The summed E-state index contributed by atoms with van der Waals surface area (Å²) in [5, 5.41) is 5.57. The van der Waals surface area contributed by atoms with Crippen LogP contribution in [0.1, 0.15) is 48.9 Å². The number of rotatable bonds is 11. The van der Waals surface area contributed by atoms with Crippen LogP contribution >= 0.6 is 0 Å². The van der Waals surface area contributed by atoms with Crippen molar-refractivity contribution in [2.45, 2.75) is 51.5 Å². The van der Waals surface area contributed by atoms with Crippen LogP contribution in [-0.2, 0) is 19.4 Å². The number of piperidine rings is 1. The van der Waals surface area contributed by atoms with Crippen LogP contribution in [0.3, 0.4) is 0 Å². The number of aromatic nitrogens is 1. The van der Waals surface area contributed by atoms with Gasteiger partial charge in [-0.05, 0) is 102 Å². The van der Waals surface area contributed by atoms with Gasteiger partial charge < -0.3 is 14.2 Å². The zero-order valence-corrected chi connectivity index (χ0v) is 21.4. The van der Waals surface area contributed by atoms with Crippen molar-refractivity contribution in [1.82, 2.24) is 15.0 Å². The van der Waals surface area contributed by atoms with Crippen LogP contribution in [0.25, 0.3) is 11.0 Å². The molecule has 7 heteroatoms. The van der Waals surface area contributed by atoms with E-state index in [0.29, 0.717) is 23.9 Å². The van der Waals surface area contributed by atoms with Gasteiger partial charge in [0.2, 0.25) is 0 Å². The SMILES string of the molecule is CN(C)CCc1c(OCC2CC2)ccc2c(CCC3CCN(Cc4cccc(F)c4F)CC3)noc12. The second kappa shape index (κ2) is 11.3. The minimum absolute atomic E-state index is 0.438. The van der Waals surface area contributed by atoms with Gasteiger partial charge in [0.15, 0.2) is 17.2 Å². The summed E-state index contributed by atoms with van der Waals surface area (Å²) in [6, 6.07) is 8.64. The van der Waals surface area contributed by atoms with Gasteiger partial charge in [-0.15, -0.1) is 0 Å². The van der Waals surface area contributed by atoms with E-state index in [9.17, 15) is 8.78 Å². The van der Waals surface area contributed by atoms with Gasteiger partial charge in [0, 0.05) is 29.6 Å². The molecule has 2 aromatic carbocycles. The zero-order valence-electron chi connectivity index (χ0n) is 21.4. The Hall–Kier alpha value is -2.51. The number of nitrogens with zero attached hydrogens (tertiary/aromatic N) is 3. The quantitative estimate of drug-likeness (QED) is 0.333. The first-order valence-electron chi connectivity index (χ1n) is 13.3. The third-order valence-electron chi connectivity index (χ3n) is 7.68. The number of likely N-dealkylation sites (N-methyl/N-ethyl adjacent to an activating group) is 1. The molecular weight excluding hydrogens is 460 g/mol. The Labute approximate surface area is 212 Å². The van der Waals surface area contributed by atoms with Gasteiger partial charge in [0.25, 0.3) is 0 Å². The standard InChI is InChI=1S/C29H37F2N3O2/c1-33(2)15-14-24-27(35-19-21-6-7-21)11-9-23-26(32-36-29(23)24)10-8-20-12-16-34(17-13-20)18-22-4-3-5-25(30)28(22)31/h3-5,9,11,20-21H,6-8,10,12-19H2,1-2H3. The van der Waals surface area contributed by atoms with Crippen molar-refractivity contribution in [2.24, 2.45) is 11.8 Å². The van der Waals surface area contributed by atoms with Gasteiger partial charge in [-0.3, -0.25) is 4.90 Å². The molecule has 1 aliphatic carbocycles. The number of ether oxygens (including phenoxy) is 1. The molecule has 0 amide bonds. The maximum Gasteiger partial charge on any atom is 0.174 e. The summed E-state index contributed by atoms with van der Waals surface area (Å²) in [7, 11) is 4.16. The molecule has 0 unspecified atom stereocenters. The normalized spacial score (nSPS) is 17.4. The highest BCUT2D eigenvalue weighted by Crippen LogP contribution is 2.35. The van der Waals surface area contributed by atoms with E-state index in [2.05, 4.69) is 41.2 Å². The van der Waals surface area contributed by atoms with Crippen LogP contribution in [0.5, 0.6) is 5.75 Å². The molecule has 2 heterocycles. The lowest BCUT2D eigenvalue weighted by molar-refractivity contribution is 0.170. The van der Waals surface area contributed by atoms with E-state index in [1.54, 1.807) is 12.1 Å². The van der Waals surface area contributed by atoms with Crippen LogP contribution < -0.4 is 4.74 Å². The summed E-state index contributed by atoms with van der Waals surface area (Å²) in [6.45, 7) is 3.97. The predicted molar refractivity (Wildman–Crippen MR) is 137 cm³/mol. The molecule has 1 saturated heterocycles.